The molecule has 0 aliphatic carbocycles. The highest BCUT2D eigenvalue weighted by atomic mass is 16.6. The Kier molecular flexibility index (Phi) is 7.90. The molecule has 3 heterocycles. The van der Waals surface area contributed by atoms with Crippen LogP contribution in [-0.2, 0) is 17.6 Å². The van der Waals surface area contributed by atoms with E-state index in [9.17, 15) is 9.59 Å². The third-order valence-corrected chi connectivity index (χ3v) is 8.17. The van der Waals surface area contributed by atoms with E-state index in [-0.39, 0.29) is 12.0 Å². The summed E-state index contributed by atoms with van der Waals surface area (Å²) in [6.07, 6.45) is 4.68. The van der Waals surface area contributed by atoms with Gasteiger partial charge in [-0.3, -0.25) is 4.79 Å². The van der Waals surface area contributed by atoms with Crippen LogP contribution in [-0.4, -0.2) is 63.1 Å². The average molecular weight is 554 g/mol. The second kappa shape index (κ2) is 11.4. The van der Waals surface area contributed by atoms with Crippen molar-refractivity contribution in [3.63, 3.8) is 0 Å². The number of aromatic nitrogens is 2. The predicted octanol–water partition coefficient (Wildman–Crippen LogP) is 5.72. The van der Waals surface area contributed by atoms with E-state index in [1.165, 1.54) is 5.56 Å². The molecule has 0 saturated carbocycles. The SMILES string of the molecule is Cc1cc(C)c(-n2cnc3c2CCN(C(=O)OC(C)(C)C)CC3)cc1C(=O)N1CCC(c2ccc(C#N)cc2)CC1. The Morgan fingerprint density at radius 2 is 1.63 bits per heavy atom. The summed E-state index contributed by atoms with van der Waals surface area (Å²) in [4.78, 5) is 34.9. The van der Waals surface area contributed by atoms with Gasteiger partial charge in [0.15, 0.2) is 0 Å². The summed E-state index contributed by atoms with van der Waals surface area (Å²) < 4.78 is 7.70. The summed E-state index contributed by atoms with van der Waals surface area (Å²) >= 11 is 0. The molecule has 2 amide bonds. The van der Waals surface area contributed by atoms with Gasteiger partial charge < -0.3 is 19.1 Å². The fraction of sp³-hybridized carbons (Fsp3) is 0.455. The summed E-state index contributed by atoms with van der Waals surface area (Å²) in [6.45, 7) is 12.2. The molecule has 0 bridgehead atoms. The molecule has 214 valence electrons. The van der Waals surface area contributed by atoms with Crippen LogP contribution >= 0.6 is 0 Å². The molecule has 1 aromatic heterocycles. The number of hydrogen-bond acceptors (Lipinski definition) is 5. The van der Waals surface area contributed by atoms with Crippen LogP contribution in [0.25, 0.3) is 5.69 Å². The minimum Gasteiger partial charge on any atom is -0.444 e. The van der Waals surface area contributed by atoms with Gasteiger partial charge in [0, 0.05) is 50.3 Å². The summed E-state index contributed by atoms with van der Waals surface area (Å²) in [5, 5.41) is 9.08. The quantitative estimate of drug-likeness (QED) is 0.414. The van der Waals surface area contributed by atoms with Crippen LogP contribution in [0.3, 0.4) is 0 Å². The van der Waals surface area contributed by atoms with Gasteiger partial charge >= 0.3 is 6.09 Å². The zero-order valence-electron chi connectivity index (χ0n) is 24.7. The number of piperidine rings is 1. The number of hydrogen-bond donors (Lipinski definition) is 0. The molecule has 2 aliphatic heterocycles. The van der Waals surface area contributed by atoms with Crippen LogP contribution < -0.4 is 0 Å². The van der Waals surface area contributed by atoms with E-state index in [0.29, 0.717) is 56.1 Å². The number of aryl methyl sites for hydroxylation is 2. The molecular weight excluding hydrogens is 514 g/mol. The predicted molar refractivity (Wildman–Crippen MR) is 157 cm³/mol. The molecule has 8 heteroatoms. The number of amides is 2. The third kappa shape index (κ3) is 6.14. The first kappa shape index (κ1) is 28.4. The molecule has 1 fully saturated rings. The number of ether oxygens (including phenoxy) is 1. The van der Waals surface area contributed by atoms with E-state index in [1.807, 2.05) is 69.3 Å². The largest absolute Gasteiger partial charge is 0.444 e. The molecule has 5 rings (SSSR count). The fourth-order valence-corrected chi connectivity index (χ4v) is 5.94. The minimum atomic E-state index is -0.537. The van der Waals surface area contributed by atoms with Crippen molar-refractivity contribution in [1.82, 2.24) is 19.4 Å². The Morgan fingerprint density at radius 3 is 2.29 bits per heavy atom. The molecule has 2 aromatic carbocycles. The lowest BCUT2D eigenvalue weighted by Gasteiger charge is -2.33. The summed E-state index contributed by atoms with van der Waals surface area (Å²) in [5.41, 5.74) is 7.13. The normalized spacial score (nSPS) is 16.1. The minimum absolute atomic E-state index is 0.0596. The lowest BCUT2D eigenvalue weighted by Crippen LogP contribution is -2.38. The van der Waals surface area contributed by atoms with E-state index in [0.717, 1.165) is 41.0 Å². The van der Waals surface area contributed by atoms with Crippen LogP contribution in [0.5, 0.6) is 0 Å². The van der Waals surface area contributed by atoms with Gasteiger partial charge in [-0.25, -0.2) is 9.78 Å². The van der Waals surface area contributed by atoms with Gasteiger partial charge in [0.25, 0.3) is 5.91 Å². The van der Waals surface area contributed by atoms with Crippen LogP contribution in [0.2, 0.25) is 0 Å². The summed E-state index contributed by atoms with van der Waals surface area (Å²) in [7, 11) is 0. The number of carbonyl (C=O) groups excluding carboxylic acids is 2. The molecule has 0 radical (unpaired) electrons. The van der Waals surface area contributed by atoms with E-state index >= 15 is 0 Å². The lowest BCUT2D eigenvalue weighted by atomic mass is 9.88. The number of carbonyl (C=O) groups is 2. The zero-order chi connectivity index (χ0) is 29.3. The summed E-state index contributed by atoms with van der Waals surface area (Å²) in [6, 6.07) is 14.1. The van der Waals surface area contributed by atoms with Crippen LogP contribution in [0, 0.1) is 25.2 Å². The molecule has 2 aliphatic rings. The molecule has 0 atom stereocenters. The van der Waals surface area contributed by atoms with Crippen molar-refractivity contribution >= 4 is 12.0 Å². The lowest BCUT2D eigenvalue weighted by molar-refractivity contribution is 0.0258. The third-order valence-electron chi connectivity index (χ3n) is 8.17. The fourth-order valence-electron chi connectivity index (χ4n) is 5.94. The number of rotatable bonds is 3. The Balaban J connectivity index is 1.32. The molecule has 8 nitrogen and oxygen atoms in total. The maximum absolute atomic E-state index is 13.8. The highest BCUT2D eigenvalue weighted by molar-refractivity contribution is 5.96. The number of imidazole rings is 1. The van der Waals surface area contributed by atoms with Gasteiger partial charge in [-0.15, -0.1) is 0 Å². The van der Waals surface area contributed by atoms with Crippen molar-refractivity contribution in [2.45, 2.75) is 71.8 Å². The number of nitriles is 1. The zero-order valence-corrected chi connectivity index (χ0v) is 24.7. The first-order valence-electron chi connectivity index (χ1n) is 14.5. The molecular formula is C33H39N5O3. The van der Waals surface area contributed by atoms with Gasteiger partial charge in [-0.1, -0.05) is 18.2 Å². The van der Waals surface area contributed by atoms with Gasteiger partial charge in [-0.05, 0) is 88.3 Å². The van der Waals surface area contributed by atoms with Crippen molar-refractivity contribution < 1.29 is 14.3 Å². The van der Waals surface area contributed by atoms with Gasteiger partial charge in [0.1, 0.15) is 5.60 Å². The Labute approximate surface area is 242 Å². The number of benzene rings is 2. The Morgan fingerprint density at radius 1 is 0.951 bits per heavy atom. The summed E-state index contributed by atoms with van der Waals surface area (Å²) in [5.74, 6) is 0.451. The highest BCUT2D eigenvalue weighted by Gasteiger charge is 2.28. The second-order valence-electron chi connectivity index (χ2n) is 12.2. The van der Waals surface area contributed by atoms with Crippen molar-refractivity contribution in [1.29, 1.82) is 5.26 Å². The van der Waals surface area contributed by atoms with Gasteiger partial charge in [-0.2, -0.15) is 5.26 Å². The van der Waals surface area contributed by atoms with Crippen LogP contribution in [0.4, 0.5) is 4.79 Å². The van der Waals surface area contributed by atoms with Gasteiger partial charge in [0.2, 0.25) is 0 Å². The molecule has 3 aromatic rings. The van der Waals surface area contributed by atoms with Crippen molar-refractivity contribution in [3.8, 4) is 11.8 Å². The molecule has 0 spiro atoms. The van der Waals surface area contributed by atoms with Crippen molar-refractivity contribution in [3.05, 3.63) is 81.9 Å². The van der Waals surface area contributed by atoms with Crippen molar-refractivity contribution in [2.75, 3.05) is 26.2 Å². The first-order valence-corrected chi connectivity index (χ1v) is 14.5. The van der Waals surface area contributed by atoms with Crippen molar-refractivity contribution in [2.24, 2.45) is 0 Å². The average Bonchev–Trinajstić information content (AvgIpc) is 3.21. The second-order valence-corrected chi connectivity index (χ2v) is 12.2. The number of nitrogens with zero attached hydrogens (tertiary/aromatic N) is 5. The monoisotopic (exact) mass is 553 g/mol. The maximum Gasteiger partial charge on any atom is 0.410 e. The van der Waals surface area contributed by atoms with Crippen LogP contribution in [0.15, 0.2) is 42.7 Å². The first-order chi connectivity index (χ1) is 19.5. The topological polar surface area (TPSA) is 91.5 Å². The molecule has 0 N–H and O–H groups in total. The number of fused-ring (bicyclic) bond motifs is 1. The van der Waals surface area contributed by atoms with E-state index < -0.39 is 5.60 Å². The maximum atomic E-state index is 13.8. The number of likely N-dealkylation sites (tertiary alicyclic amines) is 1. The van der Waals surface area contributed by atoms with Crippen LogP contribution in [0.1, 0.15) is 83.5 Å². The molecule has 41 heavy (non-hydrogen) atoms. The molecule has 0 unspecified atom stereocenters. The van der Waals surface area contributed by atoms with E-state index in [4.69, 9.17) is 15.0 Å². The van der Waals surface area contributed by atoms with Gasteiger partial charge in [0.05, 0.1) is 29.3 Å². The smallest absolute Gasteiger partial charge is 0.410 e. The highest BCUT2D eigenvalue weighted by Crippen LogP contribution is 2.31. The Bertz CT molecular complexity index is 1480. The van der Waals surface area contributed by atoms with E-state index in [2.05, 4.69) is 23.6 Å². The molecule has 1 saturated heterocycles. The van der Waals surface area contributed by atoms with E-state index in [1.54, 1.807) is 4.90 Å². The standard InChI is InChI=1S/C33H39N5O3/c1-22-18-23(2)30(38-21-35-28-12-16-37(17-13-29(28)38)32(40)41-33(3,4)5)19-27(22)31(39)36-14-10-26(11-15-36)25-8-6-24(20-34)7-9-25/h6-9,18-19,21,26H,10-17H2,1-5H3. The Hall–Kier alpha value is -4.12.